The molecule has 1 unspecified atom stereocenters. The van der Waals surface area contributed by atoms with Crippen molar-refractivity contribution in [1.82, 2.24) is 9.97 Å². The van der Waals surface area contributed by atoms with Crippen LogP contribution in [0.2, 0.25) is 0 Å². The highest BCUT2D eigenvalue weighted by Crippen LogP contribution is 2.28. The van der Waals surface area contributed by atoms with Crippen molar-refractivity contribution in [3.63, 3.8) is 0 Å². The van der Waals surface area contributed by atoms with Crippen LogP contribution in [-0.2, 0) is 4.79 Å². The number of aromatic nitrogens is 2. The number of amides is 1. The zero-order valence-corrected chi connectivity index (χ0v) is 11.0. The molecule has 0 aliphatic rings. The number of aliphatic hydroxyl groups excluding tert-OH is 1. The lowest BCUT2D eigenvalue weighted by Gasteiger charge is -2.14. The number of aliphatic hydroxyl groups is 1. The lowest BCUT2D eigenvalue weighted by Crippen LogP contribution is -2.34. The summed E-state index contributed by atoms with van der Waals surface area (Å²) in [6.45, 7) is 2.73. The number of hydrogen-bond donors (Lipinski definition) is 4. The van der Waals surface area contributed by atoms with Gasteiger partial charge in [-0.2, -0.15) is 0 Å². The molecule has 19 heavy (non-hydrogen) atoms. The molecule has 106 valence electrons. The van der Waals surface area contributed by atoms with E-state index in [-0.39, 0.29) is 6.54 Å². The van der Waals surface area contributed by atoms with Gasteiger partial charge in [0.05, 0.1) is 13.7 Å². The molecule has 0 aliphatic heterocycles. The molecule has 0 saturated heterocycles. The Morgan fingerprint density at radius 1 is 1.47 bits per heavy atom. The van der Waals surface area contributed by atoms with E-state index in [4.69, 9.17) is 10.5 Å². The molecule has 0 bridgehead atoms. The van der Waals surface area contributed by atoms with Gasteiger partial charge in [0, 0.05) is 6.54 Å². The van der Waals surface area contributed by atoms with Crippen molar-refractivity contribution in [3.05, 3.63) is 6.33 Å². The van der Waals surface area contributed by atoms with Gasteiger partial charge in [-0.3, -0.25) is 4.79 Å². The summed E-state index contributed by atoms with van der Waals surface area (Å²) in [6.07, 6.45) is 1.02. The highest BCUT2D eigenvalue weighted by atomic mass is 16.5. The minimum atomic E-state index is -1.29. The van der Waals surface area contributed by atoms with Crippen molar-refractivity contribution in [3.8, 4) is 5.75 Å². The first kappa shape index (κ1) is 15.0. The number of ether oxygens (including phenoxy) is 1. The van der Waals surface area contributed by atoms with Crippen LogP contribution >= 0.6 is 0 Å². The van der Waals surface area contributed by atoms with Gasteiger partial charge < -0.3 is 26.2 Å². The molecule has 0 spiro atoms. The topological polar surface area (TPSA) is 122 Å². The quantitative estimate of drug-likeness (QED) is 0.505. The average Bonchev–Trinajstić information content (AvgIpc) is 2.41. The Bertz CT molecular complexity index is 427. The summed E-state index contributed by atoms with van der Waals surface area (Å²) in [5, 5.41) is 15.2. The van der Waals surface area contributed by atoms with Crippen LogP contribution in [0.1, 0.15) is 13.3 Å². The number of anilines is 2. The highest BCUT2D eigenvalue weighted by molar-refractivity contribution is 5.79. The fourth-order valence-electron chi connectivity index (χ4n) is 1.36. The monoisotopic (exact) mass is 269 g/mol. The summed E-state index contributed by atoms with van der Waals surface area (Å²) in [4.78, 5) is 18.8. The first-order valence-corrected chi connectivity index (χ1v) is 5.94. The second-order valence-electron chi connectivity index (χ2n) is 3.83. The van der Waals surface area contributed by atoms with Crippen molar-refractivity contribution < 1.29 is 14.6 Å². The minimum Gasteiger partial charge on any atom is -0.490 e. The Kier molecular flexibility index (Phi) is 5.80. The maximum Gasteiger partial charge on any atom is 0.248 e. The summed E-state index contributed by atoms with van der Waals surface area (Å²) in [5.74, 6) is 0.560. The van der Waals surface area contributed by atoms with Crippen molar-refractivity contribution in [2.75, 3.05) is 30.8 Å². The van der Waals surface area contributed by atoms with Gasteiger partial charge in [-0.05, 0) is 6.42 Å². The van der Waals surface area contributed by atoms with Crippen LogP contribution in [0.15, 0.2) is 6.33 Å². The third-order valence-corrected chi connectivity index (χ3v) is 2.34. The molecule has 0 saturated carbocycles. The lowest BCUT2D eigenvalue weighted by molar-refractivity contribution is -0.125. The fraction of sp³-hybridized carbons (Fsp3) is 0.545. The number of nitrogens with one attached hydrogen (secondary N) is 2. The molecule has 1 aromatic rings. The van der Waals surface area contributed by atoms with Gasteiger partial charge in [0.25, 0.3) is 0 Å². The molecular weight excluding hydrogens is 250 g/mol. The SMILES string of the molecule is CCCNc1ncnc(NCC(O)C(N)=O)c1OC. The van der Waals surface area contributed by atoms with Gasteiger partial charge >= 0.3 is 0 Å². The van der Waals surface area contributed by atoms with Crippen molar-refractivity contribution in [2.45, 2.75) is 19.4 Å². The van der Waals surface area contributed by atoms with Crippen molar-refractivity contribution in [2.24, 2.45) is 5.73 Å². The summed E-state index contributed by atoms with van der Waals surface area (Å²) in [5.41, 5.74) is 4.96. The predicted molar refractivity (Wildman–Crippen MR) is 71.1 cm³/mol. The summed E-state index contributed by atoms with van der Waals surface area (Å²) >= 11 is 0. The molecule has 1 atom stereocenters. The number of carbonyl (C=O) groups excluding carboxylic acids is 1. The van der Waals surface area contributed by atoms with E-state index in [1.807, 2.05) is 6.92 Å². The van der Waals surface area contributed by atoms with Gasteiger partial charge in [0.15, 0.2) is 11.6 Å². The van der Waals surface area contributed by atoms with Crippen LogP contribution in [0.5, 0.6) is 5.75 Å². The van der Waals surface area contributed by atoms with Crippen LogP contribution in [0.4, 0.5) is 11.6 Å². The largest absolute Gasteiger partial charge is 0.490 e. The van der Waals surface area contributed by atoms with E-state index >= 15 is 0 Å². The number of carbonyl (C=O) groups is 1. The van der Waals surface area contributed by atoms with Gasteiger partial charge in [0.2, 0.25) is 11.7 Å². The van der Waals surface area contributed by atoms with Gasteiger partial charge in [0.1, 0.15) is 12.4 Å². The molecular formula is C11H19N5O3. The molecule has 8 nitrogen and oxygen atoms in total. The zero-order valence-electron chi connectivity index (χ0n) is 11.0. The molecule has 0 aromatic carbocycles. The van der Waals surface area contributed by atoms with E-state index < -0.39 is 12.0 Å². The summed E-state index contributed by atoms with van der Waals surface area (Å²) in [6, 6.07) is 0. The Balaban J connectivity index is 2.79. The number of methoxy groups -OCH3 is 1. The molecule has 0 fully saturated rings. The van der Waals surface area contributed by atoms with Crippen molar-refractivity contribution in [1.29, 1.82) is 0 Å². The normalized spacial score (nSPS) is 11.7. The third-order valence-electron chi connectivity index (χ3n) is 2.34. The van der Waals surface area contributed by atoms with Gasteiger partial charge in [-0.25, -0.2) is 9.97 Å². The first-order valence-electron chi connectivity index (χ1n) is 5.94. The lowest BCUT2D eigenvalue weighted by atomic mass is 10.3. The molecule has 1 heterocycles. The molecule has 1 rings (SSSR count). The molecule has 0 radical (unpaired) electrons. The number of hydrogen-bond acceptors (Lipinski definition) is 7. The first-order chi connectivity index (χ1) is 9.10. The Morgan fingerprint density at radius 2 is 2.11 bits per heavy atom. The number of nitrogens with two attached hydrogens (primary N) is 1. The average molecular weight is 269 g/mol. The third kappa shape index (κ3) is 4.25. The van der Waals surface area contributed by atoms with Gasteiger partial charge in [-0.1, -0.05) is 6.92 Å². The second kappa shape index (κ2) is 7.37. The van der Waals surface area contributed by atoms with Crippen LogP contribution in [0.25, 0.3) is 0 Å². The van der Waals surface area contributed by atoms with Crippen LogP contribution in [0.3, 0.4) is 0 Å². The minimum absolute atomic E-state index is 0.0457. The maximum atomic E-state index is 10.7. The molecule has 5 N–H and O–H groups in total. The van der Waals surface area contributed by atoms with Crippen molar-refractivity contribution >= 4 is 17.5 Å². The van der Waals surface area contributed by atoms with E-state index in [9.17, 15) is 9.90 Å². The predicted octanol–water partition coefficient (Wildman–Crippen LogP) is -0.435. The number of primary amides is 1. The Hall–Kier alpha value is -2.09. The maximum absolute atomic E-state index is 10.7. The number of rotatable bonds is 8. The van der Waals surface area contributed by atoms with Gasteiger partial charge in [-0.15, -0.1) is 0 Å². The number of nitrogens with zero attached hydrogens (tertiary/aromatic N) is 2. The van der Waals surface area contributed by atoms with Crippen LogP contribution < -0.4 is 21.1 Å². The fourth-order valence-corrected chi connectivity index (χ4v) is 1.36. The smallest absolute Gasteiger partial charge is 0.248 e. The Morgan fingerprint density at radius 3 is 2.63 bits per heavy atom. The second-order valence-corrected chi connectivity index (χ2v) is 3.83. The highest BCUT2D eigenvalue weighted by Gasteiger charge is 2.15. The molecule has 1 aromatic heterocycles. The summed E-state index contributed by atoms with van der Waals surface area (Å²) in [7, 11) is 1.49. The standard InChI is InChI=1S/C11H19N5O3/c1-3-4-13-10-8(19-2)11(16-6-15-10)14-5-7(17)9(12)18/h6-7,17H,3-5H2,1-2H3,(H2,12,18)(H2,13,14,15,16). The van der Waals surface area contributed by atoms with E-state index in [1.54, 1.807) is 0 Å². The molecule has 1 amide bonds. The Labute approximate surface area is 111 Å². The molecule has 8 heteroatoms. The zero-order chi connectivity index (χ0) is 14.3. The van der Waals surface area contributed by atoms with Crippen LogP contribution in [-0.4, -0.2) is 47.3 Å². The van der Waals surface area contributed by atoms with E-state index in [1.165, 1.54) is 13.4 Å². The van der Waals surface area contributed by atoms with E-state index in [0.29, 0.717) is 17.4 Å². The molecule has 0 aliphatic carbocycles. The summed E-state index contributed by atoms with van der Waals surface area (Å²) < 4.78 is 5.22. The van der Waals surface area contributed by atoms with E-state index in [0.717, 1.165) is 13.0 Å². The van der Waals surface area contributed by atoms with E-state index in [2.05, 4.69) is 20.6 Å². The van der Waals surface area contributed by atoms with Crippen LogP contribution in [0, 0.1) is 0 Å².